The van der Waals surface area contributed by atoms with Crippen LogP contribution < -0.4 is 5.32 Å². The summed E-state index contributed by atoms with van der Waals surface area (Å²) in [5.41, 5.74) is 0. The van der Waals surface area contributed by atoms with E-state index in [0.717, 1.165) is 24.8 Å². The number of hydrogen-bond acceptors (Lipinski definition) is 4. The minimum absolute atomic E-state index is 0.194. The maximum Gasteiger partial charge on any atom is 0.147 e. The van der Waals surface area contributed by atoms with Crippen molar-refractivity contribution in [3.05, 3.63) is 11.6 Å². The van der Waals surface area contributed by atoms with Crippen molar-refractivity contribution in [1.29, 1.82) is 0 Å². The van der Waals surface area contributed by atoms with Gasteiger partial charge in [0.05, 0.1) is 19.3 Å². The van der Waals surface area contributed by atoms with Gasteiger partial charge in [0, 0.05) is 13.6 Å². The van der Waals surface area contributed by atoms with Crippen LogP contribution in [-0.2, 0) is 11.8 Å². The van der Waals surface area contributed by atoms with Crippen molar-refractivity contribution in [3.63, 3.8) is 0 Å². The van der Waals surface area contributed by atoms with Gasteiger partial charge in [-0.2, -0.15) is 5.10 Å². The molecule has 1 saturated heterocycles. The Morgan fingerprint density at radius 1 is 1.62 bits per heavy atom. The van der Waals surface area contributed by atoms with Crippen LogP contribution in [0.5, 0.6) is 0 Å². The number of nitrogens with one attached hydrogen (secondary N) is 1. The molecule has 0 aromatic carbocycles. The van der Waals surface area contributed by atoms with Crippen molar-refractivity contribution >= 4 is 0 Å². The molecule has 72 valence electrons. The third-order valence-corrected chi connectivity index (χ3v) is 2.14. The van der Waals surface area contributed by atoms with Crippen LogP contribution in [0.3, 0.4) is 0 Å². The highest BCUT2D eigenvalue weighted by Gasteiger charge is 2.20. The fraction of sp³-hybridized carbons (Fsp3) is 0.750. The average Bonchev–Trinajstić information content (AvgIpc) is 2.47. The van der Waals surface area contributed by atoms with E-state index >= 15 is 0 Å². The summed E-state index contributed by atoms with van der Waals surface area (Å²) in [6.45, 7) is 4.25. The van der Waals surface area contributed by atoms with Crippen molar-refractivity contribution in [2.75, 3.05) is 19.8 Å². The Labute approximate surface area is 77.1 Å². The van der Waals surface area contributed by atoms with Gasteiger partial charge in [0.25, 0.3) is 0 Å². The lowest BCUT2D eigenvalue weighted by atomic mass is 10.2. The SMILES string of the molecule is Cc1nc(C2COCCN2)n(C)n1. The van der Waals surface area contributed by atoms with Gasteiger partial charge in [-0.1, -0.05) is 0 Å². The van der Waals surface area contributed by atoms with Crippen molar-refractivity contribution in [2.24, 2.45) is 7.05 Å². The lowest BCUT2D eigenvalue weighted by Gasteiger charge is -2.22. The van der Waals surface area contributed by atoms with Crippen molar-refractivity contribution < 1.29 is 4.74 Å². The molecule has 1 fully saturated rings. The van der Waals surface area contributed by atoms with E-state index in [-0.39, 0.29) is 6.04 Å². The number of aromatic nitrogens is 3. The molecule has 1 aromatic rings. The van der Waals surface area contributed by atoms with E-state index in [1.807, 2.05) is 18.7 Å². The molecule has 1 aliphatic heterocycles. The Kier molecular flexibility index (Phi) is 2.28. The first-order chi connectivity index (χ1) is 6.27. The van der Waals surface area contributed by atoms with E-state index in [2.05, 4.69) is 15.4 Å². The second kappa shape index (κ2) is 3.43. The molecule has 5 nitrogen and oxygen atoms in total. The molecule has 0 radical (unpaired) electrons. The number of hydrogen-bond donors (Lipinski definition) is 1. The van der Waals surface area contributed by atoms with Gasteiger partial charge < -0.3 is 10.1 Å². The largest absolute Gasteiger partial charge is 0.378 e. The molecule has 5 heteroatoms. The second-order valence-corrected chi connectivity index (χ2v) is 3.22. The first kappa shape index (κ1) is 8.65. The summed E-state index contributed by atoms with van der Waals surface area (Å²) >= 11 is 0. The van der Waals surface area contributed by atoms with E-state index in [0.29, 0.717) is 6.61 Å². The van der Waals surface area contributed by atoms with Crippen LogP contribution in [0.15, 0.2) is 0 Å². The van der Waals surface area contributed by atoms with E-state index in [4.69, 9.17) is 4.74 Å². The van der Waals surface area contributed by atoms with Crippen LogP contribution in [0.4, 0.5) is 0 Å². The minimum Gasteiger partial charge on any atom is -0.378 e. The Morgan fingerprint density at radius 3 is 3.00 bits per heavy atom. The molecule has 1 unspecified atom stereocenters. The number of rotatable bonds is 1. The summed E-state index contributed by atoms with van der Waals surface area (Å²) in [5, 5.41) is 7.54. The molecule has 0 saturated carbocycles. The molecular formula is C8H14N4O. The number of ether oxygens (including phenoxy) is 1. The van der Waals surface area contributed by atoms with Crippen molar-refractivity contribution in [3.8, 4) is 0 Å². The quantitative estimate of drug-likeness (QED) is 0.652. The van der Waals surface area contributed by atoms with Crippen LogP contribution >= 0.6 is 0 Å². The molecular weight excluding hydrogens is 168 g/mol. The highest BCUT2D eigenvalue weighted by Crippen LogP contribution is 2.12. The molecule has 2 heterocycles. The summed E-state index contributed by atoms with van der Waals surface area (Å²) in [5.74, 6) is 1.77. The molecule has 0 aliphatic carbocycles. The van der Waals surface area contributed by atoms with Gasteiger partial charge in [-0.05, 0) is 6.92 Å². The maximum absolute atomic E-state index is 5.36. The van der Waals surface area contributed by atoms with Crippen LogP contribution in [0.1, 0.15) is 17.7 Å². The monoisotopic (exact) mass is 182 g/mol. The molecule has 13 heavy (non-hydrogen) atoms. The zero-order chi connectivity index (χ0) is 9.26. The molecule has 0 amide bonds. The van der Waals surface area contributed by atoms with Gasteiger partial charge in [-0.15, -0.1) is 0 Å². The lowest BCUT2D eigenvalue weighted by molar-refractivity contribution is 0.0730. The fourth-order valence-electron chi connectivity index (χ4n) is 1.56. The van der Waals surface area contributed by atoms with E-state index < -0.39 is 0 Å². The predicted octanol–water partition coefficient (Wildman–Crippen LogP) is -0.216. The minimum atomic E-state index is 0.194. The Bertz CT molecular complexity index is 290. The Hall–Kier alpha value is -0.940. The van der Waals surface area contributed by atoms with Crippen molar-refractivity contribution in [2.45, 2.75) is 13.0 Å². The van der Waals surface area contributed by atoms with E-state index in [1.54, 1.807) is 0 Å². The number of morpholine rings is 1. The second-order valence-electron chi connectivity index (χ2n) is 3.22. The first-order valence-corrected chi connectivity index (χ1v) is 4.46. The lowest BCUT2D eigenvalue weighted by Crippen LogP contribution is -2.36. The standard InChI is InChI=1S/C8H14N4O/c1-6-10-8(12(2)11-6)7-5-13-4-3-9-7/h7,9H,3-5H2,1-2H3. The normalized spacial score (nSPS) is 23.4. The molecule has 2 rings (SSSR count). The van der Waals surface area contributed by atoms with Crippen LogP contribution in [0, 0.1) is 6.92 Å². The molecule has 0 bridgehead atoms. The van der Waals surface area contributed by atoms with Crippen LogP contribution in [0.2, 0.25) is 0 Å². The van der Waals surface area contributed by atoms with Gasteiger partial charge in [-0.3, -0.25) is 4.68 Å². The smallest absolute Gasteiger partial charge is 0.147 e. The zero-order valence-corrected chi connectivity index (χ0v) is 7.95. The third kappa shape index (κ3) is 1.71. The average molecular weight is 182 g/mol. The molecule has 1 N–H and O–H groups in total. The van der Waals surface area contributed by atoms with Gasteiger partial charge in [0.15, 0.2) is 0 Å². The summed E-state index contributed by atoms with van der Waals surface area (Å²) in [4.78, 5) is 4.34. The molecule has 1 aromatic heterocycles. The van der Waals surface area contributed by atoms with Gasteiger partial charge in [-0.25, -0.2) is 4.98 Å². The molecule has 1 aliphatic rings. The van der Waals surface area contributed by atoms with Crippen LogP contribution in [-0.4, -0.2) is 34.5 Å². The van der Waals surface area contributed by atoms with Crippen LogP contribution in [0.25, 0.3) is 0 Å². The summed E-state index contributed by atoms with van der Waals surface area (Å²) in [7, 11) is 1.91. The topological polar surface area (TPSA) is 52.0 Å². The summed E-state index contributed by atoms with van der Waals surface area (Å²) in [6.07, 6.45) is 0. The maximum atomic E-state index is 5.36. The Balaban J connectivity index is 2.18. The third-order valence-electron chi connectivity index (χ3n) is 2.14. The summed E-state index contributed by atoms with van der Waals surface area (Å²) < 4.78 is 7.16. The number of nitrogens with zero attached hydrogens (tertiary/aromatic N) is 3. The zero-order valence-electron chi connectivity index (χ0n) is 7.95. The Morgan fingerprint density at radius 2 is 2.46 bits per heavy atom. The first-order valence-electron chi connectivity index (χ1n) is 4.46. The molecule has 0 spiro atoms. The highest BCUT2D eigenvalue weighted by atomic mass is 16.5. The highest BCUT2D eigenvalue weighted by molar-refractivity contribution is 4.98. The number of aryl methyl sites for hydroxylation is 2. The van der Waals surface area contributed by atoms with Gasteiger partial charge in [0.1, 0.15) is 11.6 Å². The summed E-state index contributed by atoms with van der Waals surface area (Å²) in [6, 6.07) is 0.194. The van der Waals surface area contributed by atoms with Crippen molar-refractivity contribution in [1.82, 2.24) is 20.1 Å². The van der Waals surface area contributed by atoms with Gasteiger partial charge in [0.2, 0.25) is 0 Å². The van der Waals surface area contributed by atoms with E-state index in [1.165, 1.54) is 0 Å². The predicted molar refractivity (Wildman–Crippen MR) is 47.3 cm³/mol. The fourth-order valence-corrected chi connectivity index (χ4v) is 1.56. The van der Waals surface area contributed by atoms with E-state index in [9.17, 15) is 0 Å². The molecule has 1 atom stereocenters. The van der Waals surface area contributed by atoms with Gasteiger partial charge >= 0.3 is 0 Å².